The van der Waals surface area contributed by atoms with Crippen LogP contribution < -0.4 is 0 Å². The number of ether oxygens (including phenoxy) is 4. The van der Waals surface area contributed by atoms with E-state index in [1.165, 1.54) is 51.4 Å². The number of hydrogen-bond acceptors (Lipinski definition) is 5. The van der Waals surface area contributed by atoms with Crippen LogP contribution >= 0.6 is 0 Å². The van der Waals surface area contributed by atoms with E-state index < -0.39 is 0 Å². The molecule has 0 spiro atoms. The first-order valence-electron chi connectivity index (χ1n) is 15.5. The van der Waals surface area contributed by atoms with Gasteiger partial charge in [-0.15, -0.1) is 0 Å². The number of carbonyl (C=O) groups is 1. The molecule has 6 unspecified atom stereocenters. The molecule has 6 atom stereocenters. The van der Waals surface area contributed by atoms with Gasteiger partial charge in [0.2, 0.25) is 6.04 Å². The average Bonchev–Trinajstić information content (AvgIpc) is 2.87. The molecule has 2 aliphatic heterocycles. The quantitative estimate of drug-likeness (QED) is 0.429. The monoisotopic (exact) mass is 511 g/mol. The zero-order valence-corrected chi connectivity index (χ0v) is 22.4. The normalized spacial score (nSPS) is 51.4. The highest BCUT2D eigenvalue weighted by Crippen LogP contribution is 2.59. The van der Waals surface area contributed by atoms with Crippen molar-refractivity contribution < 1.29 is 23.7 Å². The van der Waals surface area contributed by atoms with Gasteiger partial charge in [0.1, 0.15) is 5.78 Å². The first-order valence-corrected chi connectivity index (χ1v) is 15.5. The summed E-state index contributed by atoms with van der Waals surface area (Å²) in [5.74, 6) is 3.91. The predicted octanol–water partition coefficient (Wildman–Crippen LogP) is 6.07. The van der Waals surface area contributed by atoms with Gasteiger partial charge in [0.05, 0.1) is 11.2 Å². The molecule has 2 heterocycles. The Balaban J connectivity index is 0.000000125. The van der Waals surface area contributed by atoms with Crippen molar-refractivity contribution in [3.05, 3.63) is 11.4 Å². The van der Waals surface area contributed by atoms with E-state index in [0.717, 1.165) is 76.4 Å². The standard InChI is InChI=1S/C16H23NO2.C15H22O3/c1-17-15-12-6-11-7-13(15)10-16(8-11,9-12)19-14-4-2-3-5-18-14;16-14-11-5-10-6-12(14)9-15(7-10,8-11)18-13-3-1-2-4-17-13/h11-15H,2-10H2;10-13H,1-9H2. The van der Waals surface area contributed by atoms with Crippen LogP contribution in [0.15, 0.2) is 0 Å². The summed E-state index contributed by atoms with van der Waals surface area (Å²) in [5.41, 5.74) is 0.0616. The zero-order chi connectivity index (χ0) is 25.0. The van der Waals surface area contributed by atoms with E-state index in [1.54, 1.807) is 0 Å². The number of Topliss-reactive ketones (excluding diaryl/α,β-unsaturated/α-hetero) is 1. The molecule has 8 aliphatic carbocycles. The maximum absolute atomic E-state index is 12.1. The lowest BCUT2D eigenvalue weighted by molar-refractivity contribution is -0.265. The minimum absolute atomic E-state index is 0.00472. The maximum Gasteiger partial charge on any atom is 0.229 e. The van der Waals surface area contributed by atoms with Crippen LogP contribution in [0.4, 0.5) is 0 Å². The van der Waals surface area contributed by atoms with E-state index in [-0.39, 0.29) is 23.8 Å². The van der Waals surface area contributed by atoms with Gasteiger partial charge < -0.3 is 23.8 Å². The molecule has 0 aromatic rings. The van der Waals surface area contributed by atoms with Crippen molar-refractivity contribution in [1.82, 2.24) is 0 Å². The molecule has 2 saturated heterocycles. The van der Waals surface area contributed by atoms with Crippen molar-refractivity contribution in [2.75, 3.05) is 13.2 Å². The highest BCUT2D eigenvalue weighted by atomic mass is 16.7. The third-order valence-corrected chi connectivity index (χ3v) is 11.3. The van der Waals surface area contributed by atoms with Crippen LogP contribution in [0.5, 0.6) is 0 Å². The second kappa shape index (κ2) is 9.88. The lowest BCUT2D eigenvalue weighted by Crippen LogP contribution is -2.58. The first-order chi connectivity index (χ1) is 18.0. The first kappa shape index (κ1) is 25.0. The number of carbonyl (C=O) groups excluding carboxylic acids is 1. The highest BCUT2D eigenvalue weighted by Gasteiger charge is 2.60. The Morgan fingerprint density at radius 2 is 1.22 bits per heavy atom. The van der Waals surface area contributed by atoms with Crippen molar-refractivity contribution in [2.45, 2.75) is 133 Å². The Kier molecular flexibility index (Phi) is 6.67. The summed E-state index contributed by atoms with van der Waals surface area (Å²) in [5, 5.41) is 0. The van der Waals surface area contributed by atoms with E-state index in [9.17, 15) is 4.79 Å². The molecule has 0 aromatic heterocycles. The smallest absolute Gasteiger partial charge is 0.229 e. The Labute approximate surface area is 222 Å². The third-order valence-electron chi connectivity index (χ3n) is 11.3. The van der Waals surface area contributed by atoms with Crippen molar-refractivity contribution in [1.29, 1.82) is 0 Å². The molecule has 10 fully saturated rings. The minimum Gasteiger partial charge on any atom is -0.353 e. The van der Waals surface area contributed by atoms with Gasteiger partial charge in [-0.05, 0) is 115 Å². The van der Waals surface area contributed by atoms with Crippen LogP contribution in [-0.2, 0) is 23.7 Å². The number of hydrogen-bond donors (Lipinski definition) is 0. The van der Waals surface area contributed by atoms with Gasteiger partial charge >= 0.3 is 0 Å². The molecular formula is C31H45NO5. The van der Waals surface area contributed by atoms with Gasteiger partial charge in [0, 0.05) is 36.9 Å². The Hall–Kier alpha value is -1.00. The van der Waals surface area contributed by atoms with Crippen molar-refractivity contribution >= 4 is 5.78 Å². The largest absolute Gasteiger partial charge is 0.353 e. The Bertz CT molecular complexity index is 868. The molecule has 0 radical (unpaired) electrons. The SMILES string of the molecule is O=C1C2CC3CC1CC(OC1CCCCO1)(C3)C2.[C-]#[N+]C1C2CC3CC1CC(OC1CCCCO1)(C3)C2. The Morgan fingerprint density at radius 1 is 0.703 bits per heavy atom. The second-order valence-electron chi connectivity index (χ2n) is 14.0. The van der Waals surface area contributed by atoms with E-state index in [4.69, 9.17) is 25.5 Å². The molecule has 10 aliphatic rings. The van der Waals surface area contributed by atoms with E-state index in [1.807, 2.05) is 0 Å². The number of rotatable bonds is 4. The molecule has 8 bridgehead atoms. The summed E-state index contributed by atoms with van der Waals surface area (Å²) >= 11 is 0. The topological polar surface area (TPSA) is 58.4 Å². The van der Waals surface area contributed by atoms with Crippen LogP contribution in [-0.4, -0.2) is 48.8 Å². The van der Waals surface area contributed by atoms with Gasteiger partial charge in [-0.1, -0.05) is 0 Å². The highest BCUT2D eigenvalue weighted by molar-refractivity contribution is 5.85. The van der Waals surface area contributed by atoms with Gasteiger partial charge in [0.25, 0.3) is 0 Å². The average molecular weight is 512 g/mol. The summed E-state index contributed by atoms with van der Waals surface area (Å²) in [4.78, 5) is 16.0. The van der Waals surface area contributed by atoms with Gasteiger partial charge in [-0.3, -0.25) is 4.79 Å². The predicted molar refractivity (Wildman–Crippen MR) is 137 cm³/mol. The molecular weight excluding hydrogens is 466 g/mol. The van der Waals surface area contributed by atoms with Crippen LogP contribution in [0.25, 0.3) is 4.85 Å². The van der Waals surface area contributed by atoms with E-state index >= 15 is 0 Å². The zero-order valence-electron chi connectivity index (χ0n) is 22.4. The lowest BCUT2D eigenvalue weighted by Gasteiger charge is -2.56. The van der Waals surface area contributed by atoms with Crippen molar-refractivity contribution in [3.8, 4) is 0 Å². The number of nitrogens with zero attached hydrogens (tertiary/aromatic N) is 1. The molecule has 0 aromatic carbocycles. The van der Waals surface area contributed by atoms with E-state index in [0.29, 0.717) is 35.5 Å². The number of ketones is 1. The van der Waals surface area contributed by atoms with Gasteiger partial charge in [-0.2, -0.15) is 0 Å². The lowest BCUT2D eigenvalue weighted by atomic mass is 9.52. The molecule has 204 valence electrons. The fourth-order valence-corrected chi connectivity index (χ4v) is 10.3. The molecule has 0 amide bonds. The fraction of sp³-hybridized carbons (Fsp3) is 0.935. The summed E-state index contributed by atoms with van der Waals surface area (Å²) in [7, 11) is 0. The van der Waals surface area contributed by atoms with Crippen LogP contribution in [0, 0.1) is 42.1 Å². The molecule has 8 saturated carbocycles. The summed E-state index contributed by atoms with van der Waals surface area (Å²) in [6.45, 7) is 9.16. The van der Waals surface area contributed by atoms with Gasteiger partial charge in [0.15, 0.2) is 12.6 Å². The molecule has 6 nitrogen and oxygen atoms in total. The van der Waals surface area contributed by atoms with Crippen molar-refractivity contribution in [3.63, 3.8) is 0 Å². The summed E-state index contributed by atoms with van der Waals surface area (Å²) in [6.07, 6.45) is 18.3. The van der Waals surface area contributed by atoms with Crippen LogP contribution in [0.2, 0.25) is 0 Å². The van der Waals surface area contributed by atoms with Crippen molar-refractivity contribution in [2.24, 2.45) is 35.5 Å². The maximum atomic E-state index is 12.1. The molecule has 10 rings (SSSR count). The fourth-order valence-electron chi connectivity index (χ4n) is 10.3. The van der Waals surface area contributed by atoms with E-state index in [2.05, 4.69) is 4.85 Å². The minimum atomic E-state index is -0.00752. The second-order valence-corrected chi connectivity index (χ2v) is 14.0. The van der Waals surface area contributed by atoms with Gasteiger partial charge in [-0.25, -0.2) is 6.57 Å². The summed E-state index contributed by atoms with van der Waals surface area (Å²) in [6, 6.07) is 0.292. The summed E-state index contributed by atoms with van der Waals surface area (Å²) < 4.78 is 24.3. The third kappa shape index (κ3) is 4.81. The molecule has 37 heavy (non-hydrogen) atoms. The molecule has 0 N–H and O–H groups in total. The van der Waals surface area contributed by atoms with Crippen LogP contribution in [0.3, 0.4) is 0 Å². The Morgan fingerprint density at radius 3 is 1.70 bits per heavy atom. The van der Waals surface area contributed by atoms with Crippen LogP contribution in [0.1, 0.15) is 103 Å². The molecule has 6 heteroatoms.